The SMILES string of the molecule is CCc1ccccc1C1=Nc2cccnc2Nc2ccccc21. The number of fused-ring (bicyclic) bond motifs is 2. The number of nitrogens with one attached hydrogen (secondary N) is 1. The predicted molar refractivity (Wildman–Crippen MR) is 95.1 cm³/mol. The second-order valence-corrected chi connectivity index (χ2v) is 5.51. The van der Waals surface area contributed by atoms with Gasteiger partial charge in [0.25, 0.3) is 0 Å². The zero-order chi connectivity index (χ0) is 15.6. The van der Waals surface area contributed by atoms with Crippen LogP contribution in [0.1, 0.15) is 23.6 Å². The van der Waals surface area contributed by atoms with Gasteiger partial charge in [-0.1, -0.05) is 49.4 Å². The van der Waals surface area contributed by atoms with Gasteiger partial charge < -0.3 is 5.32 Å². The van der Waals surface area contributed by atoms with Crippen LogP contribution < -0.4 is 5.32 Å². The number of rotatable bonds is 2. The maximum absolute atomic E-state index is 4.95. The molecule has 3 nitrogen and oxygen atoms in total. The van der Waals surface area contributed by atoms with Crippen molar-refractivity contribution >= 4 is 22.9 Å². The van der Waals surface area contributed by atoms with Crippen LogP contribution in [0.3, 0.4) is 0 Å². The zero-order valence-electron chi connectivity index (χ0n) is 13.0. The monoisotopic (exact) mass is 299 g/mol. The van der Waals surface area contributed by atoms with E-state index in [-0.39, 0.29) is 0 Å². The molecule has 1 aliphatic rings. The first-order valence-corrected chi connectivity index (χ1v) is 7.85. The summed E-state index contributed by atoms with van der Waals surface area (Å²) >= 11 is 0. The normalized spacial score (nSPS) is 12.5. The third kappa shape index (κ3) is 2.40. The van der Waals surface area contributed by atoms with E-state index < -0.39 is 0 Å². The van der Waals surface area contributed by atoms with Crippen molar-refractivity contribution in [2.24, 2.45) is 4.99 Å². The van der Waals surface area contributed by atoms with Crippen LogP contribution in [0.15, 0.2) is 71.9 Å². The molecule has 23 heavy (non-hydrogen) atoms. The summed E-state index contributed by atoms with van der Waals surface area (Å²) in [5, 5.41) is 3.41. The number of hydrogen-bond donors (Lipinski definition) is 1. The van der Waals surface area contributed by atoms with Crippen LogP contribution in [0.5, 0.6) is 0 Å². The summed E-state index contributed by atoms with van der Waals surface area (Å²) < 4.78 is 0. The Labute approximate surface area is 135 Å². The fourth-order valence-electron chi connectivity index (χ4n) is 2.96. The first kappa shape index (κ1) is 13.7. The standard InChI is InChI=1S/C20H17N3/c1-2-14-8-3-4-9-15(14)19-16-10-5-6-11-17(16)23-20-18(22-19)12-7-13-21-20/h3-13H,2H2,1H3,(H,21,23). The molecule has 4 rings (SSSR count). The maximum Gasteiger partial charge on any atom is 0.156 e. The van der Waals surface area contributed by atoms with Gasteiger partial charge in [-0.05, 0) is 30.2 Å². The number of nitrogens with zero attached hydrogens (tertiary/aromatic N) is 2. The van der Waals surface area contributed by atoms with E-state index in [4.69, 9.17) is 4.99 Å². The van der Waals surface area contributed by atoms with Crippen LogP contribution in [-0.2, 0) is 6.42 Å². The number of para-hydroxylation sites is 1. The van der Waals surface area contributed by atoms with Gasteiger partial charge in [-0.25, -0.2) is 9.98 Å². The molecular weight excluding hydrogens is 282 g/mol. The van der Waals surface area contributed by atoms with Crippen molar-refractivity contribution < 1.29 is 0 Å². The van der Waals surface area contributed by atoms with E-state index in [0.717, 1.165) is 34.9 Å². The molecule has 0 fully saturated rings. The number of anilines is 2. The molecule has 0 atom stereocenters. The Hall–Kier alpha value is -2.94. The van der Waals surface area contributed by atoms with E-state index in [1.807, 2.05) is 24.3 Å². The molecule has 0 saturated heterocycles. The lowest BCUT2D eigenvalue weighted by Crippen LogP contribution is -2.07. The summed E-state index contributed by atoms with van der Waals surface area (Å²) in [5.74, 6) is 0.795. The maximum atomic E-state index is 4.95. The van der Waals surface area contributed by atoms with Gasteiger partial charge in [-0.15, -0.1) is 0 Å². The van der Waals surface area contributed by atoms with Gasteiger partial charge in [-0.2, -0.15) is 0 Å². The van der Waals surface area contributed by atoms with Gasteiger partial charge in [0, 0.05) is 23.0 Å². The van der Waals surface area contributed by atoms with Crippen LogP contribution in [-0.4, -0.2) is 10.7 Å². The number of aliphatic imine (C=N–C) groups is 1. The first-order valence-electron chi connectivity index (χ1n) is 7.85. The quantitative estimate of drug-likeness (QED) is 0.573. The summed E-state index contributed by atoms with van der Waals surface area (Å²) in [6.45, 7) is 2.18. The highest BCUT2D eigenvalue weighted by atomic mass is 15.0. The van der Waals surface area contributed by atoms with Crippen LogP contribution in [0, 0.1) is 0 Å². The number of benzene rings is 2. The van der Waals surface area contributed by atoms with Crippen LogP contribution in [0.4, 0.5) is 17.2 Å². The predicted octanol–water partition coefficient (Wildman–Crippen LogP) is 4.87. The summed E-state index contributed by atoms with van der Waals surface area (Å²) in [5.41, 5.74) is 6.48. The minimum absolute atomic E-state index is 0.795. The molecule has 1 aliphatic heterocycles. The van der Waals surface area contributed by atoms with Crippen molar-refractivity contribution in [3.8, 4) is 0 Å². The molecule has 3 heteroatoms. The van der Waals surface area contributed by atoms with E-state index in [1.54, 1.807) is 6.20 Å². The van der Waals surface area contributed by atoms with Gasteiger partial charge in [0.2, 0.25) is 0 Å². The van der Waals surface area contributed by atoms with Crippen LogP contribution in [0.2, 0.25) is 0 Å². The molecular formula is C20H17N3. The minimum atomic E-state index is 0.795. The first-order chi connectivity index (χ1) is 11.4. The van der Waals surface area contributed by atoms with E-state index in [2.05, 4.69) is 53.6 Å². The van der Waals surface area contributed by atoms with Gasteiger partial charge >= 0.3 is 0 Å². The largest absolute Gasteiger partial charge is 0.338 e. The highest BCUT2D eigenvalue weighted by molar-refractivity contribution is 6.19. The molecule has 0 saturated carbocycles. The lowest BCUT2D eigenvalue weighted by atomic mass is 9.95. The van der Waals surface area contributed by atoms with Gasteiger partial charge in [-0.3, -0.25) is 0 Å². The van der Waals surface area contributed by atoms with Crippen molar-refractivity contribution in [2.75, 3.05) is 5.32 Å². The Bertz CT molecular complexity index is 897. The Balaban J connectivity index is 2.01. The van der Waals surface area contributed by atoms with Crippen LogP contribution in [0.25, 0.3) is 0 Å². The summed E-state index contributed by atoms with van der Waals surface area (Å²) in [4.78, 5) is 9.38. The van der Waals surface area contributed by atoms with Crippen molar-refractivity contribution in [2.45, 2.75) is 13.3 Å². The number of pyridine rings is 1. The van der Waals surface area contributed by atoms with E-state index in [0.29, 0.717) is 0 Å². The molecule has 2 aromatic carbocycles. The molecule has 0 amide bonds. The molecule has 0 bridgehead atoms. The molecule has 0 aliphatic carbocycles. The van der Waals surface area contributed by atoms with Crippen molar-refractivity contribution in [1.29, 1.82) is 0 Å². The molecule has 0 spiro atoms. The zero-order valence-corrected chi connectivity index (χ0v) is 13.0. The highest BCUT2D eigenvalue weighted by Gasteiger charge is 2.19. The third-order valence-electron chi connectivity index (χ3n) is 4.11. The van der Waals surface area contributed by atoms with E-state index in [9.17, 15) is 0 Å². The highest BCUT2D eigenvalue weighted by Crippen LogP contribution is 2.34. The third-order valence-corrected chi connectivity index (χ3v) is 4.11. The van der Waals surface area contributed by atoms with Crippen LogP contribution >= 0.6 is 0 Å². The van der Waals surface area contributed by atoms with Gasteiger partial charge in [0.1, 0.15) is 5.69 Å². The summed E-state index contributed by atoms with van der Waals surface area (Å²) in [7, 11) is 0. The molecule has 3 aromatic rings. The number of hydrogen-bond acceptors (Lipinski definition) is 3. The van der Waals surface area contributed by atoms with Crippen molar-refractivity contribution in [1.82, 2.24) is 4.98 Å². The van der Waals surface area contributed by atoms with Crippen molar-refractivity contribution in [3.63, 3.8) is 0 Å². The minimum Gasteiger partial charge on any atom is -0.338 e. The molecule has 1 aromatic heterocycles. The van der Waals surface area contributed by atoms with E-state index in [1.165, 1.54) is 11.1 Å². The smallest absolute Gasteiger partial charge is 0.156 e. The molecule has 0 unspecified atom stereocenters. The van der Waals surface area contributed by atoms with Gasteiger partial charge in [0.05, 0.1) is 5.71 Å². The molecule has 2 heterocycles. The Morgan fingerprint density at radius 3 is 2.52 bits per heavy atom. The Morgan fingerprint density at radius 1 is 0.870 bits per heavy atom. The molecule has 0 radical (unpaired) electrons. The number of aryl methyl sites for hydroxylation is 1. The lowest BCUT2D eigenvalue weighted by Gasteiger charge is -2.13. The average Bonchev–Trinajstić information content (AvgIpc) is 2.78. The fourth-order valence-corrected chi connectivity index (χ4v) is 2.96. The second-order valence-electron chi connectivity index (χ2n) is 5.51. The second kappa shape index (κ2) is 5.69. The van der Waals surface area contributed by atoms with E-state index >= 15 is 0 Å². The fraction of sp³-hybridized carbons (Fsp3) is 0.100. The summed E-state index contributed by atoms with van der Waals surface area (Å²) in [6.07, 6.45) is 2.76. The molecule has 112 valence electrons. The topological polar surface area (TPSA) is 37.3 Å². The molecule has 1 N–H and O–H groups in total. The van der Waals surface area contributed by atoms with Gasteiger partial charge in [0.15, 0.2) is 5.82 Å². The Morgan fingerprint density at radius 2 is 1.65 bits per heavy atom. The van der Waals surface area contributed by atoms with Crippen molar-refractivity contribution in [3.05, 3.63) is 83.6 Å². The Kier molecular flexibility index (Phi) is 3.39. The lowest BCUT2D eigenvalue weighted by molar-refractivity contribution is 1.13. The summed E-state index contributed by atoms with van der Waals surface area (Å²) in [6, 6.07) is 20.7. The average molecular weight is 299 g/mol. The number of aromatic nitrogens is 1.